The summed E-state index contributed by atoms with van der Waals surface area (Å²) in [5.41, 5.74) is 5.04. The molecule has 0 aromatic heterocycles. The summed E-state index contributed by atoms with van der Waals surface area (Å²) >= 11 is 11.9. The molecule has 2 aromatic rings. The second kappa shape index (κ2) is 10.0. The summed E-state index contributed by atoms with van der Waals surface area (Å²) in [7, 11) is -3.53. The van der Waals surface area contributed by atoms with E-state index >= 15 is 0 Å². The molecule has 0 bridgehead atoms. The Balaban J connectivity index is 2.00. The fourth-order valence-corrected chi connectivity index (χ4v) is 4.60. The van der Waals surface area contributed by atoms with Crippen LogP contribution in [0.4, 0.5) is 5.69 Å². The fraction of sp³-hybridized carbons (Fsp3) is 0.409. The normalized spacial score (nSPS) is 12.5. The lowest BCUT2D eigenvalue weighted by Crippen LogP contribution is -2.32. The summed E-state index contributed by atoms with van der Waals surface area (Å²) in [5.74, 6) is -0.122. The predicted octanol–water partition coefficient (Wildman–Crippen LogP) is 5.34. The number of hydrogen-bond donors (Lipinski definition) is 1. The van der Waals surface area contributed by atoms with Crippen LogP contribution in [-0.4, -0.2) is 27.1 Å². The Morgan fingerprint density at radius 1 is 1.03 bits per heavy atom. The molecule has 2 rings (SSSR count). The monoisotopic (exact) mass is 470 g/mol. The summed E-state index contributed by atoms with van der Waals surface area (Å²) in [6.45, 7) is 8.27. The minimum atomic E-state index is -3.53. The third-order valence-electron chi connectivity index (χ3n) is 5.08. The molecule has 0 saturated carbocycles. The summed E-state index contributed by atoms with van der Waals surface area (Å²) in [5, 5.41) is 3.63. The second-order valence-electron chi connectivity index (χ2n) is 7.62. The number of aryl methyl sites for hydroxylation is 3. The highest BCUT2D eigenvalue weighted by molar-refractivity contribution is 7.92. The van der Waals surface area contributed by atoms with Gasteiger partial charge in [-0.1, -0.05) is 35.3 Å². The lowest BCUT2D eigenvalue weighted by atomic mass is 9.96. The fourth-order valence-electron chi connectivity index (χ4n) is 3.35. The van der Waals surface area contributed by atoms with Crippen molar-refractivity contribution in [3.05, 3.63) is 62.6 Å². The Kier molecular flexibility index (Phi) is 8.20. The van der Waals surface area contributed by atoms with Gasteiger partial charge >= 0.3 is 0 Å². The Bertz CT molecular complexity index is 1040. The van der Waals surface area contributed by atoms with Gasteiger partial charge in [0.25, 0.3) is 0 Å². The number of benzene rings is 2. The Hall–Kier alpha value is -1.76. The van der Waals surface area contributed by atoms with Crippen LogP contribution in [0.2, 0.25) is 10.0 Å². The number of nitrogens with one attached hydrogen (secondary N) is 1. The van der Waals surface area contributed by atoms with Crippen molar-refractivity contribution in [3.63, 3.8) is 0 Å². The van der Waals surface area contributed by atoms with Gasteiger partial charge in [0.15, 0.2) is 0 Å². The number of amides is 1. The van der Waals surface area contributed by atoms with Crippen molar-refractivity contribution in [3.8, 4) is 0 Å². The van der Waals surface area contributed by atoms with Crippen LogP contribution in [0.5, 0.6) is 0 Å². The average Bonchev–Trinajstić information content (AvgIpc) is 2.63. The van der Waals surface area contributed by atoms with Gasteiger partial charge in [-0.3, -0.25) is 9.10 Å². The minimum Gasteiger partial charge on any atom is -0.350 e. The number of nitrogens with zero attached hydrogens (tertiary/aromatic N) is 1. The molecule has 1 amide bonds. The molecule has 0 spiro atoms. The summed E-state index contributed by atoms with van der Waals surface area (Å²) in [4.78, 5) is 12.4. The number of halogens is 2. The van der Waals surface area contributed by atoms with E-state index in [1.807, 2.05) is 13.8 Å². The van der Waals surface area contributed by atoms with Crippen molar-refractivity contribution >= 4 is 44.8 Å². The first-order valence-corrected chi connectivity index (χ1v) is 12.3. The maximum atomic E-state index is 12.4. The van der Waals surface area contributed by atoms with Crippen LogP contribution in [0.25, 0.3) is 0 Å². The van der Waals surface area contributed by atoms with E-state index in [1.54, 1.807) is 12.1 Å². The summed E-state index contributed by atoms with van der Waals surface area (Å²) in [6.07, 6.45) is 1.71. The molecule has 5 nitrogen and oxygen atoms in total. The number of hydrogen-bond acceptors (Lipinski definition) is 3. The molecule has 2 aromatic carbocycles. The van der Waals surface area contributed by atoms with E-state index < -0.39 is 10.0 Å². The van der Waals surface area contributed by atoms with Crippen molar-refractivity contribution in [1.82, 2.24) is 5.32 Å². The molecule has 0 fully saturated rings. The zero-order valence-corrected chi connectivity index (χ0v) is 20.2. The van der Waals surface area contributed by atoms with Gasteiger partial charge in [-0.15, -0.1) is 0 Å². The molecule has 0 saturated heterocycles. The topological polar surface area (TPSA) is 66.5 Å². The molecule has 8 heteroatoms. The van der Waals surface area contributed by atoms with Crippen molar-refractivity contribution in [2.45, 2.75) is 46.6 Å². The van der Waals surface area contributed by atoms with E-state index in [0.29, 0.717) is 17.1 Å². The number of rotatable bonds is 8. The van der Waals surface area contributed by atoms with E-state index in [4.69, 9.17) is 23.2 Å². The van der Waals surface area contributed by atoms with Crippen LogP contribution >= 0.6 is 23.2 Å². The molecule has 0 aliphatic rings. The molecule has 0 aliphatic heterocycles. The van der Waals surface area contributed by atoms with E-state index in [0.717, 1.165) is 17.4 Å². The number of carbonyl (C=O) groups is 1. The minimum absolute atomic E-state index is 0.122. The van der Waals surface area contributed by atoms with Crippen LogP contribution in [-0.2, 0) is 14.8 Å². The van der Waals surface area contributed by atoms with E-state index in [1.165, 1.54) is 21.5 Å². The number of sulfonamides is 1. The molecular formula is C22H28Cl2N2O3S. The lowest BCUT2D eigenvalue weighted by molar-refractivity contribution is -0.121. The smallest absolute Gasteiger partial charge is 0.232 e. The average molecular weight is 471 g/mol. The Morgan fingerprint density at radius 2 is 1.67 bits per heavy atom. The van der Waals surface area contributed by atoms with Crippen LogP contribution in [0.15, 0.2) is 30.3 Å². The first-order valence-electron chi connectivity index (χ1n) is 9.70. The third kappa shape index (κ3) is 6.37. The van der Waals surface area contributed by atoms with Crippen molar-refractivity contribution in [2.75, 3.05) is 17.1 Å². The van der Waals surface area contributed by atoms with Crippen molar-refractivity contribution < 1.29 is 13.2 Å². The maximum Gasteiger partial charge on any atom is 0.232 e. The Labute approximate surface area is 189 Å². The molecule has 1 unspecified atom stereocenters. The molecule has 0 aliphatic carbocycles. The highest BCUT2D eigenvalue weighted by Gasteiger charge is 2.19. The highest BCUT2D eigenvalue weighted by Crippen LogP contribution is 2.28. The first kappa shape index (κ1) is 24.5. The van der Waals surface area contributed by atoms with Crippen molar-refractivity contribution in [2.24, 2.45) is 0 Å². The van der Waals surface area contributed by atoms with E-state index in [2.05, 4.69) is 31.3 Å². The number of anilines is 1. The Morgan fingerprint density at radius 3 is 2.27 bits per heavy atom. The van der Waals surface area contributed by atoms with E-state index in [9.17, 15) is 13.2 Å². The van der Waals surface area contributed by atoms with Gasteiger partial charge in [0.2, 0.25) is 15.9 Å². The zero-order valence-electron chi connectivity index (χ0n) is 17.9. The van der Waals surface area contributed by atoms with Gasteiger partial charge in [0.05, 0.1) is 28.0 Å². The first-order chi connectivity index (χ1) is 13.9. The molecule has 30 heavy (non-hydrogen) atoms. The van der Waals surface area contributed by atoms with Crippen LogP contribution in [0.1, 0.15) is 48.1 Å². The van der Waals surface area contributed by atoms with Gasteiger partial charge < -0.3 is 5.32 Å². The van der Waals surface area contributed by atoms with Crippen LogP contribution in [0.3, 0.4) is 0 Å². The SMILES string of the molecule is Cc1cc(C)c(C(C)NC(=O)CCCN(c2ccc(Cl)c(Cl)c2)S(C)(=O)=O)cc1C. The molecular weight excluding hydrogens is 443 g/mol. The molecule has 164 valence electrons. The predicted molar refractivity (Wildman–Crippen MR) is 125 cm³/mol. The zero-order chi connectivity index (χ0) is 22.6. The van der Waals surface area contributed by atoms with Gasteiger partial charge in [0, 0.05) is 13.0 Å². The third-order valence-corrected chi connectivity index (χ3v) is 7.02. The second-order valence-corrected chi connectivity index (χ2v) is 10.3. The molecule has 0 radical (unpaired) electrons. The highest BCUT2D eigenvalue weighted by atomic mass is 35.5. The van der Waals surface area contributed by atoms with Crippen LogP contribution < -0.4 is 9.62 Å². The molecule has 1 atom stereocenters. The lowest BCUT2D eigenvalue weighted by Gasteiger charge is -2.23. The van der Waals surface area contributed by atoms with Crippen LogP contribution in [0, 0.1) is 20.8 Å². The standard InChI is InChI=1S/C22H28Cl2N2O3S/c1-14-11-16(3)19(12-15(14)2)17(4)25-22(27)7-6-10-26(30(5,28)29)18-8-9-20(23)21(24)13-18/h8-9,11-13,17H,6-7,10H2,1-5H3,(H,25,27). The summed E-state index contributed by atoms with van der Waals surface area (Å²) in [6, 6.07) is 8.76. The molecule has 0 heterocycles. The largest absolute Gasteiger partial charge is 0.350 e. The maximum absolute atomic E-state index is 12.4. The van der Waals surface area contributed by atoms with Gasteiger partial charge in [-0.2, -0.15) is 0 Å². The van der Waals surface area contributed by atoms with E-state index in [-0.39, 0.29) is 29.9 Å². The number of carbonyl (C=O) groups excluding carboxylic acids is 1. The van der Waals surface area contributed by atoms with Gasteiger partial charge in [-0.05, 0) is 74.6 Å². The summed E-state index contributed by atoms with van der Waals surface area (Å²) < 4.78 is 25.7. The van der Waals surface area contributed by atoms with Gasteiger partial charge in [-0.25, -0.2) is 8.42 Å². The molecule has 1 N–H and O–H groups in total. The van der Waals surface area contributed by atoms with Gasteiger partial charge in [0.1, 0.15) is 0 Å². The van der Waals surface area contributed by atoms with Crippen molar-refractivity contribution in [1.29, 1.82) is 0 Å². The quantitative estimate of drug-likeness (QED) is 0.565.